The van der Waals surface area contributed by atoms with Crippen LogP contribution in [0.3, 0.4) is 0 Å². The van der Waals surface area contributed by atoms with Crippen LogP contribution in [0.1, 0.15) is 20.8 Å². The molecular weight excluding hydrogens is 192 g/mol. The number of hydrogen-bond donors (Lipinski definition) is 1. The second kappa shape index (κ2) is 4.21. The van der Waals surface area contributed by atoms with Crippen molar-refractivity contribution in [2.75, 3.05) is 5.32 Å². The Morgan fingerprint density at radius 1 is 1.27 bits per heavy atom. The fourth-order valence-corrected chi connectivity index (χ4v) is 0.975. The van der Waals surface area contributed by atoms with Crippen molar-refractivity contribution in [3.05, 3.63) is 24.3 Å². The van der Waals surface area contributed by atoms with Gasteiger partial charge in [-0.15, -0.1) is 0 Å². The zero-order chi connectivity index (χ0) is 11.5. The molecule has 4 heteroatoms. The zero-order valence-corrected chi connectivity index (χ0v) is 9.13. The molecule has 1 amide bonds. The molecule has 0 fully saturated rings. The molecule has 0 spiro atoms. The van der Waals surface area contributed by atoms with Crippen molar-refractivity contribution in [2.45, 2.75) is 26.4 Å². The van der Waals surface area contributed by atoms with Crippen LogP contribution in [0.15, 0.2) is 24.3 Å². The smallest absolute Gasteiger partial charge is 0.412 e. The molecule has 0 aliphatic rings. The maximum Gasteiger partial charge on any atom is 0.412 e. The summed E-state index contributed by atoms with van der Waals surface area (Å²) in [6.45, 7) is 5.42. The van der Waals surface area contributed by atoms with Gasteiger partial charge in [-0.1, -0.05) is 0 Å². The lowest BCUT2D eigenvalue weighted by atomic mass is 10.2. The Labute approximate surface area is 89.4 Å². The van der Waals surface area contributed by atoms with E-state index in [9.17, 15) is 4.79 Å². The standard InChI is InChI=1S/C11H15N2O2/c1-11(2,3)15-10(14)13-9-6-4-8(12)5-7-9/h4-7,12H,1-3H3,(H,13,14). The maximum absolute atomic E-state index is 11.3. The molecule has 0 aromatic heterocycles. The van der Waals surface area contributed by atoms with Crippen LogP contribution < -0.4 is 11.1 Å². The largest absolute Gasteiger partial charge is 0.444 e. The zero-order valence-electron chi connectivity index (χ0n) is 9.13. The maximum atomic E-state index is 11.3. The van der Waals surface area contributed by atoms with Crippen LogP contribution in [0.5, 0.6) is 0 Å². The number of anilines is 1. The van der Waals surface area contributed by atoms with Crippen LogP contribution in [-0.4, -0.2) is 11.7 Å². The third-order valence-electron chi connectivity index (χ3n) is 1.53. The highest BCUT2D eigenvalue weighted by Gasteiger charge is 2.15. The fraction of sp³-hybridized carbons (Fsp3) is 0.364. The molecule has 2 N–H and O–H groups in total. The molecule has 1 aromatic carbocycles. The molecule has 81 valence electrons. The average molecular weight is 207 g/mol. The summed E-state index contributed by atoms with van der Waals surface area (Å²) < 4.78 is 5.07. The molecule has 0 atom stereocenters. The summed E-state index contributed by atoms with van der Waals surface area (Å²) in [5.41, 5.74) is 7.81. The monoisotopic (exact) mass is 207 g/mol. The van der Waals surface area contributed by atoms with Gasteiger partial charge in [0.1, 0.15) is 5.60 Å². The Kier molecular flexibility index (Phi) is 3.19. The minimum absolute atomic E-state index is 0.407. The normalized spacial score (nSPS) is 10.9. The Morgan fingerprint density at radius 2 is 1.80 bits per heavy atom. The van der Waals surface area contributed by atoms with Crippen LogP contribution in [-0.2, 0) is 4.74 Å². The van der Waals surface area contributed by atoms with Crippen LogP contribution in [0.25, 0.3) is 0 Å². The molecule has 1 rings (SSSR count). The highest BCUT2D eigenvalue weighted by atomic mass is 16.6. The Morgan fingerprint density at radius 3 is 2.27 bits per heavy atom. The van der Waals surface area contributed by atoms with E-state index in [1.165, 1.54) is 0 Å². The Balaban J connectivity index is 2.55. The van der Waals surface area contributed by atoms with E-state index in [2.05, 4.69) is 5.32 Å². The number of rotatable bonds is 1. The first-order chi connectivity index (χ1) is 6.87. The fourth-order valence-electron chi connectivity index (χ4n) is 0.975. The quantitative estimate of drug-likeness (QED) is 0.769. The van der Waals surface area contributed by atoms with Gasteiger partial charge in [0.2, 0.25) is 0 Å². The van der Waals surface area contributed by atoms with Gasteiger partial charge in [-0.05, 0) is 45.0 Å². The Bertz CT molecular complexity index is 339. The van der Waals surface area contributed by atoms with Crippen molar-refractivity contribution in [1.82, 2.24) is 5.73 Å². The summed E-state index contributed by atoms with van der Waals surface area (Å²) in [7, 11) is 0. The topological polar surface area (TPSA) is 62.1 Å². The molecule has 0 heterocycles. The summed E-state index contributed by atoms with van der Waals surface area (Å²) in [5.74, 6) is 0. The molecule has 0 saturated heterocycles. The third-order valence-corrected chi connectivity index (χ3v) is 1.53. The lowest BCUT2D eigenvalue weighted by Gasteiger charge is -2.19. The first-order valence-electron chi connectivity index (χ1n) is 4.68. The van der Waals surface area contributed by atoms with E-state index >= 15 is 0 Å². The number of ether oxygens (including phenoxy) is 1. The van der Waals surface area contributed by atoms with Crippen LogP contribution >= 0.6 is 0 Å². The summed E-state index contributed by atoms with van der Waals surface area (Å²) in [4.78, 5) is 11.3. The number of carbonyl (C=O) groups excluding carboxylic acids is 1. The highest BCUT2D eigenvalue weighted by molar-refractivity contribution is 5.85. The summed E-state index contributed by atoms with van der Waals surface area (Å²) in [5, 5.41) is 2.58. The van der Waals surface area contributed by atoms with Gasteiger partial charge in [0.15, 0.2) is 0 Å². The van der Waals surface area contributed by atoms with E-state index in [1.54, 1.807) is 45.0 Å². The van der Waals surface area contributed by atoms with E-state index in [1.807, 2.05) is 0 Å². The van der Waals surface area contributed by atoms with E-state index in [0.29, 0.717) is 11.4 Å². The van der Waals surface area contributed by atoms with Gasteiger partial charge in [0.05, 0.1) is 5.69 Å². The molecule has 0 aliphatic heterocycles. The third kappa shape index (κ3) is 4.35. The van der Waals surface area contributed by atoms with Crippen molar-refractivity contribution >= 4 is 17.5 Å². The van der Waals surface area contributed by atoms with Crippen LogP contribution in [0.4, 0.5) is 16.2 Å². The van der Waals surface area contributed by atoms with E-state index in [0.717, 1.165) is 0 Å². The van der Waals surface area contributed by atoms with Crippen molar-refractivity contribution in [1.29, 1.82) is 0 Å². The number of hydrogen-bond acceptors (Lipinski definition) is 2. The second-order valence-corrected chi connectivity index (χ2v) is 4.20. The van der Waals surface area contributed by atoms with Crippen molar-refractivity contribution in [3.63, 3.8) is 0 Å². The molecule has 4 nitrogen and oxygen atoms in total. The van der Waals surface area contributed by atoms with Gasteiger partial charge >= 0.3 is 6.09 Å². The van der Waals surface area contributed by atoms with Gasteiger partial charge < -0.3 is 10.5 Å². The molecule has 0 saturated carbocycles. The van der Waals surface area contributed by atoms with Gasteiger partial charge in [0.25, 0.3) is 0 Å². The van der Waals surface area contributed by atoms with E-state index in [-0.39, 0.29) is 0 Å². The summed E-state index contributed by atoms with van der Waals surface area (Å²) in [6, 6.07) is 6.53. The Hall–Kier alpha value is -1.71. The molecule has 1 aromatic rings. The lowest BCUT2D eigenvalue weighted by Crippen LogP contribution is -2.27. The molecule has 0 unspecified atom stereocenters. The minimum Gasteiger partial charge on any atom is -0.444 e. The molecule has 0 aliphatic carbocycles. The van der Waals surface area contributed by atoms with E-state index < -0.39 is 11.7 Å². The van der Waals surface area contributed by atoms with Gasteiger partial charge in [-0.2, -0.15) is 0 Å². The van der Waals surface area contributed by atoms with Crippen LogP contribution in [0, 0.1) is 0 Å². The van der Waals surface area contributed by atoms with Crippen molar-refractivity contribution in [3.8, 4) is 0 Å². The SMILES string of the molecule is CC(C)(C)OC(=O)Nc1ccc([NH])cc1. The van der Waals surface area contributed by atoms with E-state index in [4.69, 9.17) is 10.5 Å². The van der Waals surface area contributed by atoms with Crippen LogP contribution in [0.2, 0.25) is 0 Å². The number of nitrogens with one attached hydrogen (secondary N) is 2. The van der Waals surface area contributed by atoms with Gasteiger partial charge in [-0.3, -0.25) is 5.32 Å². The molecular formula is C11H15N2O2. The number of benzene rings is 1. The summed E-state index contributed by atoms with van der Waals surface area (Å²) in [6.07, 6.45) is -0.486. The van der Waals surface area contributed by atoms with Crippen molar-refractivity contribution in [2.24, 2.45) is 0 Å². The first kappa shape index (κ1) is 11.4. The number of amides is 1. The minimum atomic E-state index is -0.501. The lowest BCUT2D eigenvalue weighted by molar-refractivity contribution is 0.0636. The predicted octanol–water partition coefficient (Wildman–Crippen LogP) is 2.95. The predicted molar refractivity (Wildman–Crippen MR) is 59.1 cm³/mol. The highest BCUT2D eigenvalue weighted by Crippen LogP contribution is 2.13. The molecule has 1 radical (unpaired) electrons. The second-order valence-electron chi connectivity index (χ2n) is 4.20. The summed E-state index contributed by atoms with van der Waals surface area (Å²) >= 11 is 0. The first-order valence-corrected chi connectivity index (χ1v) is 4.68. The van der Waals surface area contributed by atoms with Crippen molar-refractivity contribution < 1.29 is 9.53 Å². The average Bonchev–Trinajstić information content (AvgIpc) is 2.05. The molecule has 0 bridgehead atoms. The number of carbonyl (C=O) groups is 1. The molecule has 15 heavy (non-hydrogen) atoms. The van der Waals surface area contributed by atoms with Gasteiger partial charge in [-0.25, -0.2) is 4.79 Å². The van der Waals surface area contributed by atoms with Gasteiger partial charge in [0, 0.05) is 5.69 Å².